The topological polar surface area (TPSA) is 83.1 Å². The predicted molar refractivity (Wildman–Crippen MR) is 109 cm³/mol. The zero-order chi connectivity index (χ0) is 18.9. The summed E-state index contributed by atoms with van der Waals surface area (Å²) >= 11 is 1.41. The highest BCUT2D eigenvalue weighted by molar-refractivity contribution is 7.13. The average molecular weight is 393 g/mol. The van der Waals surface area contributed by atoms with Gasteiger partial charge >= 0.3 is 6.03 Å². The summed E-state index contributed by atoms with van der Waals surface area (Å²) in [6, 6.07) is 0.110. The lowest BCUT2D eigenvalue weighted by molar-refractivity contribution is -0.121. The van der Waals surface area contributed by atoms with E-state index in [0.29, 0.717) is 23.9 Å². The number of amides is 3. The number of aryl methyl sites for hydroxylation is 1. The summed E-state index contributed by atoms with van der Waals surface area (Å²) in [6.45, 7) is 0.810. The van der Waals surface area contributed by atoms with Crippen molar-refractivity contribution in [1.82, 2.24) is 15.6 Å². The molecule has 1 heterocycles. The van der Waals surface area contributed by atoms with Crippen molar-refractivity contribution in [3.63, 3.8) is 0 Å². The van der Waals surface area contributed by atoms with E-state index in [4.69, 9.17) is 0 Å². The van der Waals surface area contributed by atoms with Crippen LogP contribution in [0, 0.1) is 5.92 Å². The van der Waals surface area contributed by atoms with Crippen LogP contribution in [-0.2, 0) is 11.2 Å². The first kappa shape index (κ1) is 20.1. The standard InChI is InChI=1S/C20H32N4O2S/c25-18(21-13-15-7-3-1-4-8-15)12-11-17-14-27-20(23-17)24-19(26)22-16-9-5-2-6-10-16/h14-16H,1-13H2,(H,21,25)(H2,22,23,24,26). The highest BCUT2D eigenvalue weighted by Gasteiger charge is 2.17. The van der Waals surface area contributed by atoms with Crippen molar-refractivity contribution in [2.75, 3.05) is 11.9 Å². The van der Waals surface area contributed by atoms with Gasteiger partial charge in [-0.3, -0.25) is 10.1 Å². The van der Waals surface area contributed by atoms with Crippen molar-refractivity contribution in [3.8, 4) is 0 Å². The highest BCUT2D eigenvalue weighted by Crippen LogP contribution is 2.23. The number of anilines is 1. The Morgan fingerprint density at radius 1 is 1.04 bits per heavy atom. The molecule has 0 aromatic carbocycles. The first-order valence-electron chi connectivity index (χ1n) is 10.5. The number of aromatic nitrogens is 1. The number of nitrogens with one attached hydrogen (secondary N) is 3. The fraction of sp³-hybridized carbons (Fsp3) is 0.750. The van der Waals surface area contributed by atoms with Crippen LogP contribution in [0.15, 0.2) is 5.38 Å². The number of rotatable bonds is 7. The number of urea groups is 1. The summed E-state index contributed by atoms with van der Waals surface area (Å²) < 4.78 is 0. The third-order valence-electron chi connectivity index (χ3n) is 5.63. The van der Waals surface area contributed by atoms with Crippen LogP contribution >= 0.6 is 11.3 Å². The molecular formula is C20H32N4O2S. The van der Waals surface area contributed by atoms with Gasteiger partial charge in [0.1, 0.15) is 0 Å². The largest absolute Gasteiger partial charge is 0.356 e. The third kappa shape index (κ3) is 7.13. The zero-order valence-electron chi connectivity index (χ0n) is 16.1. The summed E-state index contributed by atoms with van der Waals surface area (Å²) in [4.78, 5) is 28.6. The van der Waals surface area contributed by atoms with Gasteiger partial charge in [-0.25, -0.2) is 9.78 Å². The minimum atomic E-state index is -0.173. The highest BCUT2D eigenvalue weighted by atomic mass is 32.1. The molecule has 2 aliphatic rings. The second-order valence-corrected chi connectivity index (χ2v) is 8.74. The van der Waals surface area contributed by atoms with Crippen molar-refractivity contribution >= 4 is 28.4 Å². The summed E-state index contributed by atoms with van der Waals surface area (Å²) in [5.41, 5.74) is 0.862. The van der Waals surface area contributed by atoms with Crippen molar-refractivity contribution in [2.45, 2.75) is 83.1 Å². The molecule has 27 heavy (non-hydrogen) atoms. The van der Waals surface area contributed by atoms with Gasteiger partial charge in [-0.1, -0.05) is 38.5 Å². The van der Waals surface area contributed by atoms with Crippen LogP contribution in [0.4, 0.5) is 9.93 Å². The van der Waals surface area contributed by atoms with E-state index in [-0.39, 0.29) is 18.0 Å². The molecule has 0 atom stereocenters. The Kier molecular flexibility index (Phi) is 7.93. The minimum Gasteiger partial charge on any atom is -0.356 e. The molecule has 2 aliphatic carbocycles. The Labute approximate surface area is 165 Å². The van der Waals surface area contributed by atoms with Gasteiger partial charge in [0, 0.05) is 24.4 Å². The molecule has 3 amide bonds. The maximum atomic E-state index is 12.1. The molecule has 0 unspecified atom stereocenters. The minimum absolute atomic E-state index is 0.0955. The molecule has 0 aliphatic heterocycles. The monoisotopic (exact) mass is 392 g/mol. The van der Waals surface area contributed by atoms with Crippen LogP contribution in [-0.4, -0.2) is 29.5 Å². The molecule has 3 N–H and O–H groups in total. The van der Waals surface area contributed by atoms with Gasteiger partial charge in [0.25, 0.3) is 0 Å². The van der Waals surface area contributed by atoms with E-state index >= 15 is 0 Å². The van der Waals surface area contributed by atoms with E-state index in [1.807, 2.05) is 5.38 Å². The number of nitrogens with zero attached hydrogens (tertiary/aromatic N) is 1. The Morgan fingerprint density at radius 2 is 1.74 bits per heavy atom. The van der Waals surface area contributed by atoms with Gasteiger partial charge < -0.3 is 10.6 Å². The molecule has 6 nitrogen and oxygen atoms in total. The SMILES string of the molecule is O=C(CCc1csc(NC(=O)NC2CCCCC2)n1)NCC1CCCCC1. The number of hydrogen-bond acceptors (Lipinski definition) is 4. The van der Waals surface area contributed by atoms with Crippen molar-refractivity contribution in [2.24, 2.45) is 5.92 Å². The Balaban J connectivity index is 1.33. The van der Waals surface area contributed by atoms with Crippen LogP contribution < -0.4 is 16.0 Å². The number of thiazole rings is 1. The number of hydrogen-bond donors (Lipinski definition) is 3. The Bertz CT molecular complexity index is 607. The van der Waals surface area contributed by atoms with Crippen molar-refractivity contribution < 1.29 is 9.59 Å². The lowest BCUT2D eigenvalue weighted by Crippen LogP contribution is -2.39. The maximum absolute atomic E-state index is 12.1. The first-order valence-corrected chi connectivity index (χ1v) is 11.4. The fourth-order valence-corrected chi connectivity index (χ4v) is 4.76. The van der Waals surface area contributed by atoms with Crippen LogP contribution in [0.1, 0.15) is 76.3 Å². The van der Waals surface area contributed by atoms with Gasteiger partial charge in [0.05, 0.1) is 5.69 Å². The first-order chi connectivity index (χ1) is 13.2. The predicted octanol–water partition coefficient (Wildman–Crippen LogP) is 4.23. The number of carbonyl (C=O) groups excluding carboxylic acids is 2. The molecule has 7 heteroatoms. The molecule has 1 aromatic rings. The molecule has 1 aromatic heterocycles. The van der Waals surface area contributed by atoms with E-state index in [2.05, 4.69) is 20.9 Å². The average Bonchev–Trinajstić information content (AvgIpc) is 3.13. The molecule has 0 saturated heterocycles. The van der Waals surface area contributed by atoms with Crippen molar-refractivity contribution in [1.29, 1.82) is 0 Å². The van der Waals surface area contributed by atoms with Crippen LogP contribution in [0.3, 0.4) is 0 Å². The Hall–Kier alpha value is -1.63. The van der Waals surface area contributed by atoms with E-state index in [1.54, 1.807) is 0 Å². The van der Waals surface area contributed by atoms with Crippen LogP contribution in [0.5, 0.6) is 0 Å². The van der Waals surface area contributed by atoms with Gasteiger partial charge in [-0.2, -0.15) is 0 Å². The number of carbonyl (C=O) groups is 2. The summed E-state index contributed by atoms with van der Waals surface area (Å²) in [7, 11) is 0. The zero-order valence-corrected chi connectivity index (χ0v) is 16.9. The van der Waals surface area contributed by atoms with Gasteiger partial charge in [0.15, 0.2) is 5.13 Å². The van der Waals surface area contributed by atoms with Gasteiger partial charge in [-0.05, 0) is 38.0 Å². The van der Waals surface area contributed by atoms with Crippen molar-refractivity contribution in [3.05, 3.63) is 11.1 Å². The molecule has 2 saturated carbocycles. The summed E-state index contributed by atoms with van der Waals surface area (Å²) in [5, 5.41) is 11.4. The quantitative estimate of drug-likeness (QED) is 0.649. The fourth-order valence-electron chi connectivity index (χ4n) is 4.02. The van der Waals surface area contributed by atoms with E-state index in [9.17, 15) is 9.59 Å². The van der Waals surface area contributed by atoms with Gasteiger partial charge in [-0.15, -0.1) is 11.3 Å². The van der Waals surface area contributed by atoms with Crippen LogP contribution in [0.2, 0.25) is 0 Å². The normalized spacial score (nSPS) is 18.8. The molecule has 150 valence electrons. The lowest BCUT2D eigenvalue weighted by Gasteiger charge is -2.22. The molecular weight excluding hydrogens is 360 g/mol. The van der Waals surface area contributed by atoms with E-state index in [0.717, 1.165) is 25.1 Å². The van der Waals surface area contributed by atoms with E-state index in [1.165, 1.54) is 62.7 Å². The summed E-state index contributed by atoms with van der Waals surface area (Å²) in [6.07, 6.45) is 13.2. The smallest absolute Gasteiger partial charge is 0.321 e. The molecule has 0 spiro atoms. The molecule has 0 radical (unpaired) electrons. The second kappa shape index (κ2) is 10.6. The Morgan fingerprint density at radius 3 is 2.48 bits per heavy atom. The molecule has 0 bridgehead atoms. The molecule has 2 fully saturated rings. The van der Waals surface area contributed by atoms with Crippen LogP contribution in [0.25, 0.3) is 0 Å². The summed E-state index contributed by atoms with van der Waals surface area (Å²) in [5.74, 6) is 0.749. The van der Waals surface area contributed by atoms with E-state index < -0.39 is 0 Å². The second-order valence-electron chi connectivity index (χ2n) is 7.89. The molecule has 3 rings (SSSR count). The van der Waals surface area contributed by atoms with Gasteiger partial charge in [0.2, 0.25) is 5.91 Å². The lowest BCUT2D eigenvalue weighted by atomic mass is 9.89. The third-order valence-corrected chi connectivity index (χ3v) is 6.44. The maximum Gasteiger partial charge on any atom is 0.321 e.